The van der Waals surface area contributed by atoms with Crippen molar-refractivity contribution in [1.29, 1.82) is 0 Å². The van der Waals surface area contributed by atoms with Gasteiger partial charge < -0.3 is 14.6 Å². The Morgan fingerprint density at radius 3 is 2.55 bits per heavy atom. The molecule has 1 aromatic heterocycles. The van der Waals surface area contributed by atoms with E-state index in [1.54, 1.807) is 6.07 Å². The number of anilines is 1. The zero-order chi connectivity index (χ0) is 21.0. The van der Waals surface area contributed by atoms with E-state index in [9.17, 15) is 9.59 Å². The molecule has 2 aromatic carbocycles. The Kier molecular flexibility index (Phi) is 7.08. The molecule has 3 aromatic rings. The molecule has 1 heterocycles. The fourth-order valence-corrected chi connectivity index (χ4v) is 4.40. The lowest BCUT2D eigenvalue weighted by Gasteiger charge is -2.06. The summed E-state index contributed by atoms with van der Waals surface area (Å²) in [7, 11) is 0. The maximum absolute atomic E-state index is 12.7. The van der Waals surface area contributed by atoms with E-state index in [2.05, 4.69) is 10.3 Å². The molecule has 2 amide bonds. The number of hydrogen-bond acceptors (Lipinski definition) is 4. The summed E-state index contributed by atoms with van der Waals surface area (Å²) in [5.41, 5.74) is 1.90. The number of benzene rings is 2. The van der Waals surface area contributed by atoms with Crippen LogP contribution in [0.5, 0.6) is 0 Å². The van der Waals surface area contributed by atoms with Gasteiger partial charge in [-0.15, -0.1) is 0 Å². The summed E-state index contributed by atoms with van der Waals surface area (Å²) < 4.78 is 8.29. The number of ether oxygens (including phenoxy) is 1. The molecule has 0 spiro atoms. The average molecular weight is 452 g/mol. The van der Waals surface area contributed by atoms with Crippen molar-refractivity contribution in [3.05, 3.63) is 56.8 Å². The van der Waals surface area contributed by atoms with Gasteiger partial charge in [0.2, 0.25) is 5.91 Å². The SMILES string of the molecule is CCOCCn1c(=NC(=O)c2cc(Cl)cc(Cl)c2)sc2cc(NC(C)=O)ccc21. The quantitative estimate of drug-likeness (QED) is 0.549. The largest absolute Gasteiger partial charge is 0.380 e. The number of nitrogens with one attached hydrogen (secondary N) is 1. The van der Waals surface area contributed by atoms with Crippen LogP contribution in [-0.4, -0.2) is 29.6 Å². The van der Waals surface area contributed by atoms with Crippen LogP contribution in [0.3, 0.4) is 0 Å². The van der Waals surface area contributed by atoms with E-state index in [1.165, 1.54) is 30.4 Å². The van der Waals surface area contributed by atoms with Crippen LogP contribution >= 0.6 is 34.5 Å². The predicted molar refractivity (Wildman–Crippen MR) is 117 cm³/mol. The number of thiazole rings is 1. The van der Waals surface area contributed by atoms with Crippen molar-refractivity contribution in [2.45, 2.75) is 20.4 Å². The van der Waals surface area contributed by atoms with E-state index in [0.29, 0.717) is 45.9 Å². The summed E-state index contributed by atoms with van der Waals surface area (Å²) in [5, 5.41) is 3.51. The van der Waals surface area contributed by atoms with Crippen molar-refractivity contribution < 1.29 is 14.3 Å². The van der Waals surface area contributed by atoms with Gasteiger partial charge in [0.1, 0.15) is 0 Å². The molecular formula is C20H19Cl2N3O3S. The van der Waals surface area contributed by atoms with Crippen molar-refractivity contribution in [1.82, 2.24) is 4.57 Å². The van der Waals surface area contributed by atoms with Crippen molar-refractivity contribution in [3.8, 4) is 0 Å². The van der Waals surface area contributed by atoms with E-state index in [0.717, 1.165) is 10.2 Å². The minimum Gasteiger partial charge on any atom is -0.380 e. The molecule has 29 heavy (non-hydrogen) atoms. The molecule has 0 atom stereocenters. The fraction of sp³-hybridized carbons (Fsp3) is 0.250. The molecular weight excluding hydrogens is 433 g/mol. The summed E-state index contributed by atoms with van der Waals surface area (Å²) in [6.45, 7) is 5.00. The predicted octanol–water partition coefficient (Wildman–Crippen LogP) is 4.75. The van der Waals surface area contributed by atoms with Crippen LogP contribution in [0.4, 0.5) is 5.69 Å². The molecule has 0 radical (unpaired) electrons. The number of hydrogen-bond donors (Lipinski definition) is 1. The van der Waals surface area contributed by atoms with Crippen LogP contribution in [0.1, 0.15) is 24.2 Å². The van der Waals surface area contributed by atoms with Gasteiger partial charge in [0, 0.05) is 41.4 Å². The maximum atomic E-state index is 12.7. The van der Waals surface area contributed by atoms with E-state index in [4.69, 9.17) is 27.9 Å². The summed E-state index contributed by atoms with van der Waals surface area (Å²) in [4.78, 5) is 28.9. The standard InChI is InChI=1S/C20H19Cl2N3O3S/c1-3-28-7-6-25-17-5-4-16(23-12(2)26)11-18(17)29-20(25)24-19(27)13-8-14(21)10-15(22)9-13/h4-5,8-11H,3,6-7H2,1-2H3,(H,23,26). The zero-order valence-electron chi connectivity index (χ0n) is 15.9. The summed E-state index contributed by atoms with van der Waals surface area (Å²) in [6.07, 6.45) is 0. The highest BCUT2D eigenvalue weighted by Gasteiger charge is 2.11. The molecule has 1 N–H and O–H groups in total. The first-order valence-corrected chi connectivity index (χ1v) is 10.5. The lowest BCUT2D eigenvalue weighted by Crippen LogP contribution is -2.19. The molecule has 6 nitrogen and oxygen atoms in total. The lowest BCUT2D eigenvalue weighted by molar-refractivity contribution is -0.114. The van der Waals surface area contributed by atoms with Crippen molar-refractivity contribution >= 4 is 62.3 Å². The van der Waals surface area contributed by atoms with E-state index in [1.807, 2.05) is 29.7 Å². The fourth-order valence-electron chi connectivity index (χ4n) is 2.78. The molecule has 3 rings (SSSR count). The third kappa shape index (κ3) is 5.45. The Labute approximate surface area is 181 Å². The molecule has 0 unspecified atom stereocenters. The third-order valence-electron chi connectivity index (χ3n) is 3.97. The number of halogens is 2. The van der Waals surface area contributed by atoms with Crippen molar-refractivity contribution in [3.63, 3.8) is 0 Å². The topological polar surface area (TPSA) is 72.7 Å². The second kappa shape index (κ2) is 9.54. The lowest BCUT2D eigenvalue weighted by atomic mass is 10.2. The van der Waals surface area contributed by atoms with Gasteiger partial charge in [-0.05, 0) is 43.3 Å². The summed E-state index contributed by atoms with van der Waals surface area (Å²) >= 11 is 13.4. The van der Waals surface area contributed by atoms with Gasteiger partial charge in [0.15, 0.2) is 4.80 Å². The number of rotatable bonds is 6. The van der Waals surface area contributed by atoms with E-state index >= 15 is 0 Å². The van der Waals surface area contributed by atoms with Gasteiger partial charge in [-0.25, -0.2) is 0 Å². The van der Waals surface area contributed by atoms with Gasteiger partial charge in [0.05, 0.1) is 16.8 Å². The van der Waals surface area contributed by atoms with Crippen LogP contribution in [0.15, 0.2) is 41.4 Å². The van der Waals surface area contributed by atoms with Crippen LogP contribution in [0.25, 0.3) is 10.2 Å². The van der Waals surface area contributed by atoms with Gasteiger partial charge >= 0.3 is 0 Å². The average Bonchev–Trinajstić information content (AvgIpc) is 2.97. The molecule has 0 bridgehead atoms. The first kappa shape index (κ1) is 21.5. The highest BCUT2D eigenvalue weighted by atomic mass is 35.5. The Morgan fingerprint density at radius 2 is 1.90 bits per heavy atom. The highest BCUT2D eigenvalue weighted by Crippen LogP contribution is 2.23. The van der Waals surface area contributed by atoms with E-state index < -0.39 is 5.91 Å². The molecule has 0 saturated heterocycles. The second-order valence-corrected chi connectivity index (χ2v) is 8.05. The number of aromatic nitrogens is 1. The molecule has 0 aliphatic carbocycles. The molecule has 0 saturated carbocycles. The molecule has 0 fully saturated rings. The van der Waals surface area contributed by atoms with Gasteiger partial charge in [-0.2, -0.15) is 4.99 Å². The normalized spacial score (nSPS) is 11.8. The number of carbonyl (C=O) groups excluding carboxylic acids is 2. The number of amides is 2. The van der Waals surface area contributed by atoms with Crippen LogP contribution in [0, 0.1) is 0 Å². The minimum atomic E-state index is -0.437. The van der Waals surface area contributed by atoms with Gasteiger partial charge in [0.25, 0.3) is 5.91 Å². The zero-order valence-corrected chi connectivity index (χ0v) is 18.2. The van der Waals surface area contributed by atoms with Gasteiger partial charge in [-0.1, -0.05) is 34.5 Å². The molecule has 0 aliphatic rings. The van der Waals surface area contributed by atoms with Crippen LogP contribution in [0.2, 0.25) is 10.0 Å². The third-order valence-corrected chi connectivity index (χ3v) is 5.45. The number of carbonyl (C=O) groups is 2. The first-order chi connectivity index (χ1) is 13.9. The Hall–Kier alpha value is -2.19. The Morgan fingerprint density at radius 1 is 1.17 bits per heavy atom. The molecule has 152 valence electrons. The van der Waals surface area contributed by atoms with Crippen molar-refractivity contribution in [2.75, 3.05) is 18.5 Å². The molecule has 9 heteroatoms. The van der Waals surface area contributed by atoms with Crippen LogP contribution < -0.4 is 10.1 Å². The summed E-state index contributed by atoms with van der Waals surface area (Å²) in [5.74, 6) is -0.587. The smallest absolute Gasteiger partial charge is 0.279 e. The second-order valence-electron chi connectivity index (χ2n) is 6.17. The minimum absolute atomic E-state index is 0.150. The Balaban J connectivity index is 2.07. The summed E-state index contributed by atoms with van der Waals surface area (Å²) in [6, 6.07) is 10.2. The highest BCUT2D eigenvalue weighted by molar-refractivity contribution is 7.16. The molecule has 0 aliphatic heterocycles. The number of fused-ring (bicyclic) bond motifs is 1. The van der Waals surface area contributed by atoms with Crippen LogP contribution in [-0.2, 0) is 16.1 Å². The Bertz CT molecular complexity index is 1120. The monoisotopic (exact) mass is 451 g/mol. The van der Waals surface area contributed by atoms with Gasteiger partial charge in [-0.3, -0.25) is 9.59 Å². The van der Waals surface area contributed by atoms with Crippen molar-refractivity contribution in [2.24, 2.45) is 4.99 Å². The van der Waals surface area contributed by atoms with E-state index in [-0.39, 0.29) is 5.91 Å². The maximum Gasteiger partial charge on any atom is 0.279 e. The number of nitrogens with zero attached hydrogens (tertiary/aromatic N) is 2. The first-order valence-electron chi connectivity index (χ1n) is 8.91.